The standard InChI is InChI=1S/C10H7F4NO2/c11-7-2-1-5(3-6(7)10(12,13)14)8-4-15-9(16)17-8/h1-3,8H,4H2,(H,15,16). The van der Waals surface area contributed by atoms with E-state index < -0.39 is 29.8 Å². The molecule has 1 amide bonds. The van der Waals surface area contributed by atoms with Gasteiger partial charge in [0.2, 0.25) is 0 Å². The second-order valence-corrected chi connectivity index (χ2v) is 3.51. The average molecular weight is 249 g/mol. The molecule has 0 aliphatic carbocycles. The molecule has 1 saturated heterocycles. The van der Waals surface area contributed by atoms with Gasteiger partial charge in [0.1, 0.15) is 11.9 Å². The van der Waals surface area contributed by atoms with Gasteiger partial charge in [0.25, 0.3) is 0 Å². The summed E-state index contributed by atoms with van der Waals surface area (Å²) in [7, 11) is 0. The smallest absolute Gasteiger partial charge is 0.419 e. The lowest BCUT2D eigenvalue weighted by Gasteiger charge is -2.12. The van der Waals surface area contributed by atoms with Crippen molar-refractivity contribution in [3.63, 3.8) is 0 Å². The zero-order valence-electron chi connectivity index (χ0n) is 8.34. The zero-order chi connectivity index (χ0) is 12.6. The molecule has 1 aliphatic heterocycles. The minimum Gasteiger partial charge on any atom is -0.439 e. The molecule has 3 nitrogen and oxygen atoms in total. The lowest BCUT2D eigenvalue weighted by Crippen LogP contribution is -2.13. The van der Waals surface area contributed by atoms with Crippen LogP contribution in [0.3, 0.4) is 0 Å². The molecule has 17 heavy (non-hydrogen) atoms. The third-order valence-electron chi connectivity index (χ3n) is 2.35. The predicted octanol–water partition coefficient (Wildman–Crippen LogP) is 2.63. The number of cyclic esters (lactones) is 1. The molecule has 1 aliphatic rings. The van der Waals surface area contributed by atoms with Crippen molar-refractivity contribution in [3.05, 3.63) is 35.1 Å². The highest BCUT2D eigenvalue weighted by Crippen LogP contribution is 2.33. The number of halogens is 4. The zero-order valence-corrected chi connectivity index (χ0v) is 8.34. The number of alkyl halides is 3. The first-order chi connectivity index (χ1) is 7.88. The van der Waals surface area contributed by atoms with Gasteiger partial charge in [0.05, 0.1) is 12.1 Å². The maximum absolute atomic E-state index is 13.0. The van der Waals surface area contributed by atoms with Gasteiger partial charge in [0, 0.05) is 0 Å². The lowest BCUT2D eigenvalue weighted by atomic mass is 10.1. The number of hydrogen-bond donors (Lipinski definition) is 1. The van der Waals surface area contributed by atoms with Gasteiger partial charge in [-0.05, 0) is 17.7 Å². The number of amides is 1. The summed E-state index contributed by atoms with van der Waals surface area (Å²) in [5.41, 5.74) is -1.25. The normalized spacial score (nSPS) is 20.0. The number of carbonyl (C=O) groups is 1. The third-order valence-corrected chi connectivity index (χ3v) is 2.35. The van der Waals surface area contributed by atoms with Crippen molar-refractivity contribution in [2.75, 3.05) is 6.54 Å². The summed E-state index contributed by atoms with van der Waals surface area (Å²) in [6.45, 7) is 0.0712. The van der Waals surface area contributed by atoms with E-state index in [9.17, 15) is 22.4 Å². The monoisotopic (exact) mass is 249 g/mol. The first-order valence-electron chi connectivity index (χ1n) is 4.69. The fourth-order valence-electron chi connectivity index (χ4n) is 1.53. The van der Waals surface area contributed by atoms with E-state index >= 15 is 0 Å². The molecule has 0 radical (unpaired) electrons. The molecule has 0 aromatic heterocycles. The van der Waals surface area contributed by atoms with Crippen LogP contribution in [0, 0.1) is 5.82 Å². The van der Waals surface area contributed by atoms with E-state index in [0.29, 0.717) is 12.1 Å². The molecule has 0 spiro atoms. The topological polar surface area (TPSA) is 38.3 Å². The van der Waals surface area contributed by atoms with Gasteiger partial charge in [-0.3, -0.25) is 0 Å². The quantitative estimate of drug-likeness (QED) is 0.777. The number of carbonyl (C=O) groups excluding carboxylic acids is 1. The molecule has 0 bridgehead atoms. The van der Waals surface area contributed by atoms with Crippen LogP contribution < -0.4 is 5.32 Å². The van der Waals surface area contributed by atoms with Crippen LogP contribution in [0.1, 0.15) is 17.2 Å². The van der Waals surface area contributed by atoms with Crippen molar-refractivity contribution in [1.29, 1.82) is 0 Å². The fraction of sp³-hybridized carbons (Fsp3) is 0.300. The van der Waals surface area contributed by atoms with Gasteiger partial charge in [-0.15, -0.1) is 0 Å². The highest BCUT2D eigenvalue weighted by Gasteiger charge is 2.35. The maximum Gasteiger partial charge on any atom is 0.419 e. The maximum atomic E-state index is 13.0. The van der Waals surface area contributed by atoms with Gasteiger partial charge < -0.3 is 10.1 Å². The molecule has 92 valence electrons. The molecule has 2 rings (SSSR count). The lowest BCUT2D eigenvalue weighted by molar-refractivity contribution is -0.140. The molecule has 1 heterocycles. The SMILES string of the molecule is O=C1NCC(c2ccc(F)c(C(F)(F)F)c2)O1. The second-order valence-electron chi connectivity index (χ2n) is 3.51. The Morgan fingerprint density at radius 1 is 1.35 bits per heavy atom. The van der Waals surface area contributed by atoms with Gasteiger partial charge >= 0.3 is 12.3 Å². The van der Waals surface area contributed by atoms with Crippen LogP contribution >= 0.6 is 0 Å². The van der Waals surface area contributed by atoms with E-state index in [1.807, 2.05) is 0 Å². The van der Waals surface area contributed by atoms with E-state index in [-0.39, 0.29) is 12.1 Å². The van der Waals surface area contributed by atoms with Crippen molar-refractivity contribution >= 4 is 6.09 Å². The summed E-state index contributed by atoms with van der Waals surface area (Å²) in [5.74, 6) is -1.35. The molecule has 1 aromatic rings. The van der Waals surface area contributed by atoms with Crippen molar-refractivity contribution in [2.45, 2.75) is 12.3 Å². The summed E-state index contributed by atoms with van der Waals surface area (Å²) in [5, 5.41) is 2.30. The minimum absolute atomic E-state index is 0.0712. The van der Waals surface area contributed by atoms with Crippen LogP contribution in [0.15, 0.2) is 18.2 Å². The molecule has 1 atom stereocenters. The first kappa shape index (κ1) is 11.7. The van der Waals surface area contributed by atoms with Crippen molar-refractivity contribution in [3.8, 4) is 0 Å². The highest BCUT2D eigenvalue weighted by molar-refractivity contribution is 5.69. The highest BCUT2D eigenvalue weighted by atomic mass is 19.4. The molecular weight excluding hydrogens is 242 g/mol. The van der Waals surface area contributed by atoms with Gasteiger partial charge in [-0.25, -0.2) is 9.18 Å². The Morgan fingerprint density at radius 2 is 2.06 bits per heavy atom. The molecule has 7 heteroatoms. The first-order valence-corrected chi connectivity index (χ1v) is 4.69. The number of benzene rings is 1. The summed E-state index contributed by atoms with van der Waals surface area (Å²) in [6, 6.07) is 2.53. The van der Waals surface area contributed by atoms with Crippen LogP contribution in [0.2, 0.25) is 0 Å². The molecule has 1 fully saturated rings. The van der Waals surface area contributed by atoms with Crippen LogP contribution in [0.4, 0.5) is 22.4 Å². The van der Waals surface area contributed by atoms with E-state index in [2.05, 4.69) is 5.32 Å². The number of rotatable bonds is 1. The van der Waals surface area contributed by atoms with Gasteiger partial charge in [0.15, 0.2) is 0 Å². The Balaban J connectivity index is 2.34. The largest absolute Gasteiger partial charge is 0.439 e. The van der Waals surface area contributed by atoms with E-state index in [4.69, 9.17) is 4.74 Å². The summed E-state index contributed by atoms with van der Waals surface area (Å²) in [4.78, 5) is 10.7. The Hall–Kier alpha value is -1.79. The van der Waals surface area contributed by atoms with E-state index in [0.717, 1.165) is 6.07 Å². The number of alkyl carbamates (subject to hydrolysis) is 1. The number of nitrogens with one attached hydrogen (secondary N) is 1. The van der Waals surface area contributed by atoms with Gasteiger partial charge in [-0.1, -0.05) is 6.07 Å². The second kappa shape index (κ2) is 3.90. The molecule has 1 unspecified atom stereocenters. The average Bonchev–Trinajstić information content (AvgIpc) is 2.64. The van der Waals surface area contributed by atoms with Crippen LogP contribution in [-0.2, 0) is 10.9 Å². The van der Waals surface area contributed by atoms with Crippen LogP contribution in [-0.4, -0.2) is 12.6 Å². The number of ether oxygens (including phenoxy) is 1. The van der Waals surface area contributed by atoms with Crippen molar-refractivity contribution < 1.29 is 27.1 Å². The molecular formula is C10H7F4NO2. The van der Waals surface area contributed by atoms with Crippen LogP contribution in [0.25, 0.3) is 0 Å². The number of hydrogen-bond acceptors (Lipinski definition) is 2. The summed E-state index contributed by atoms with van der Waals surface area (Å²) < 4.78 is 55.0. The fourth-order valence-corrected chi connectivity index (χ4v) is 1.53. The van der Waals surface area contributed by atoms with Gasteiger partial charge in [-0.2, -0.15) is 13.2 Å². The van der Waals surface area contributed by atoms with E-state index in [1.165, 1.54) is 0 Å². The predicted molar refractivity (Wildman–Crippen MR) is 48.6 cm³/mol. The van der Waals surface area contributed by atoms with Crippen molar-refractivity contribution in [2.24, 2.45) is 0 Å². The molecule has 1 N–H and O–H groups in total. The van der Waals surface area contributed by atoms with Crippen LogP contribution in [0.5, 0.6) is 0 Å². The molecule has 1 aromatic carbocycles. The molecule has 0 saturated carbocycles. The Bertz CT molecular complexity index is 458. The van der Waals surface area contributed by atoms with Crippen molar-refractivity contribution in [1.82, 2.24) is 5.32 Å². The third kappa shape index (κ3) is 2.32. The summed E-state index contributed by atoms with van der Waals surface area (Å²) >= 11 is 0. The Kier molecular flexibility index (Phi) is 2.68. The Morgan fingerprint density at radius 3 is 2.59 bits per heavy atom. The minimum atomic E-state index is -4.77. The summed E-state index contributed by atoms with van der Waals surface area (Å²) in [6.07, 6.45) is -6.28. The van der Waals surface area contributed by atoms with E-state index in [1.54, 1.807) is 0 Å². The Labute approximate surface area is 93.4 Å².